The molecule has 1 heterocycles. The number of hydrogen-bond acceptors (Lipinski definition) is 4. The summed E-state index contributed by atoms with van der Waals surface area (Å²) in [5, 5.41) is 10.6. The summed E-state index contributed by atoms with van der Waals surface area (Å²) in [5.74, 6) is 0.329. The fourth-order valence-corrected chi connectivity index (χ4v) is 2.63. The standard InChI is InChI=1S/C16H11BrO4/c1-20-14-6-5-9(8-13(14)18)11-7-10-3-2-4-12(17)15(10)21-16(11)19/h2-8,18H,1H3. The predicted molar refractivity (Wildman–Crippen MR) is 83.8 cm³/mol. The second-order valence-electron chi connectivity index (χ2n) is 4.49. The molecule has 1 aromatic heterocycles. The van der Waals surface area contributed by atoms with E-state index in [1.165, 1.54) is 13.2 Å². The van der Waals surface area contributed by atoms with Gasteiger partial charge in [0.05, 0.1) is 17.1 Å². The van der Waals surface area contributed by atoms with E-state index >= 15 is 0 Å². The molecule has 106 valence electrons. The van der Waals surface area contributed by atoms with Crippen molar-refractivity contribution in [2.75, 3.05) is 7.11 Å². The van der Waals surface area contributed by atoms with E-state index in [1.54, 1.807) is 18.2 Å². The van der Waals surface area contributed by atoms with Crippen LogP contribution in [0, 0.1) is 0 Å². The number of aromatic hydroxyl groups is 1. The topological polar surface area (TPSA) is 59.7 Å². The average Bonchev–Trinajstić information content (AvgIpc) is 2.47. The first-order valence-electron chi connectivity index (χ1n) is 6.20. The van der Waals surface area contributed by atoms with E-state index in [9.17, 15) is 9.90 Å². The Bertz CT molecular complexity index is 883. The van der Waals surface area contributed by atoms with Gasteiger partial charge < -0.3 is 14.3 Å². The molecule has 0 saturated heterocycles. The number of phenols is 1. The smallest absolute Gasteiger partial charge is 0.344 e. The van der Waals surface area contributed by atoms with Crippen LogP contribution in [-0.4, -0.2) is 12.2 Å². The summed E-state index contributed by atoms with van der Waals surface area (Å²) in [4.78, 5) is 12.2. The number of fused-ring (bicyclic) bond motifs is 1. The number of halogens is 1. The molecule has 0 amide bonds. The molecule has 0 bridgehead atoms. The van der Waals surface area contributed by atoms with Gasteiger partial charge in [-0.3, -0.25) is 0 Å². The minimum Gasteiger partial charge on any atom is -0.504 e. The van der Waals surface area contributed by atoms with Crippen LogP contribution in [0.1, 0.15) is 0 Å². The molecule has 0 unspecified atom stereocenters. The third-order valence-electron chi connectivity index (χ3n) is 3.20. The second kappa shape index (κ2) is 5.26. The van der Waals surface area contributed by atoms with Gasteiger partial charge in [-0.25, -0.2) is 4.79 Å². The molecular weight excluding hydrogens is 336 g/mol. The molecule has 0 radical (unpaired) electrons. The summed E-state index contributed by atoms with van der Waals surface area (Å²) in [5.41, 5.74) is 1.01. The zero-order valence-corrected chi connectivity index (χ0v) is 12.7. The van der Waals surface area contributed by atoms with Crippen molar-refractivity contribution < 1.29 is 14.3 Å². The Morgan fingerprint density at radius 3 is 2.71 bits per heavy atom. The summed E-state index contributed by atoms with van der Waals surface area (Å²) in [6.07, 6.45) is 0. The summed E-state index contributed by atoms with van der Waals surface area (Å²) in [6.45, 7) is 0. The first-order valence-corrected chi connectivity index (χ1v) is 6.99. The van der Waals surface area contributed by atoms with Gasteiger partial charge in [-0.15, -0.1) is 0 Å². The Balaban J connectivity index is 2.23. The zero-order valence-electron chi connectivity index (χ0n) is 11.1. The Labute approximate surface area is 128 Å². The van der Waals surface area contributed by atoms with Gasteiger partial charge in [-0.2, -0.15) is 0 Å². The van der Waals surface area contributed by atoms with E-state index in [1.807, 2.05) is 18.2 Å². The first kappa shape index (κ1) is 13.7. The number of ether oxygens (including phenoxy) is 1. The molecule has 0 spiro atoms. The van der Waals surface area contributed by atoms with Gasteiger partial charge in [0.25, 0.3) is 0 Å². The lowest BCUT2D eigenvalue weighted by atomic mass is 10.1. The van der Waals surface area contributed by atoms with Crippen molar-refractivity contribution in [2.24, 2.45) is 0 Å². The van der Waals surface area contributed by atoms with Crippen molar-refractivity contribution in [1.82, 2.24) is 0 Å². The highest BCUT2D eigenvalue weighted by molar-refractivity contribution is 9.10. The Kier molecular flexibility index (Phi) is 3.43. The minimum atomic E-state index is -0.459. The normalized spacial score (nSPS) is 10.8. The van der Waals surface area contributed by atoms with Gasteiger partial charge in [0.1, 0.15) is 0 Å². The van der Waals surface area contributed by atoms with Gasteiger partial charge in [0, 0.05) is 5.39 Å². The Hall–Kier alpha value is -2.27. The van der Waals surface area contributed by atoms with Crippen LogP contribution in [-0.2, 0) is 0 Å². The van der Waals surface area contributed by atoms with Crippen LogP contribution < -0.4 is 10.4 Å². The minimum absolute atomic E-state index is 0.0243. The molecule has 0 fully saturated rings. The molecule has 0 saturated carbocycles. The molecular formula is C16H11BrO4. The monoisotopic (exact) mass is 346 g/mol. The molecule has 0 atom stereocenters. The maximum absolute atomic E-state index is 12.2. The molecule has 4 nitrogen and oxygen atoms in total. The van der Waals surface area contributed by atoms with Crippen LogP contribution in [0.5, 0.6) is 11.5 Å². The van der Waals surface area contributed by atoms with Crippen LogP contribution in [0.4, 0.5) is 0 Å². The largest absolute Gasteiger partial charge is 0.504 e. The summed E-state index contributed by atoms with van der Waals surface area (Å²) >= 11 is 3.35. The number of para-hydroxylation sites is 1. The van der Waals surface area contributed by atoms with Gasteiger partial charge >= 0.3 is 5.63 Å². The van der Waals surface area contributed by atoms with Crippen molar-refractivity contribution in [3.63, 3.8) is 0 Å². The van der Waals surface area contributed by atoms with Crippen LogP contribution in [0.15, 0.2) is 56.1 Å². The molecule has 5 heteroatoms. The van der Waals surface area contributed by atoms with E-state index in [0.29, 0.717) is 22.5 Å². The van der Waals surface area contributed by atoms with Crippen molar-refractivity contribution in [2.45, 2.75) is 0 Å². The first-order chi connectivity index (χ1) is 10.1. The molecule has 3 rings (SSSR count). The maximum Gasteiger partial charge on any atom is 0.344 e. The van der Waals surface area contributed by atoms with Crippen LogP contribution in [0.25, 0.3) is 22.1 Å². The van der Waals surface area contributed by atoms with Crippen LogP contribution >= 0.6 is 15.9 Å². The Morgan fingerprint density at radius 2 is 2.00 bits per heavy atom. The van der Waals surface area contributed by atoms with E-state index in [4.69, 9.17) is 9.15 Å². The highest BCUT2D eigenvalue weighted by atomic mass is 79.9. The van der Waals surface area contributed by atoms with Gasteiger partial charge in [-0.05, 0) is 45.8 Å². The number of rotatable bonds is 2. The average molecular weight is 347 g/mol. The van der Waals surface area contributed by atoms with E-state index in [-0.39, 0.29) is 5.75 Å². The number of hydrogen-bond donors (Lipinski definition) is 1. The molecule has 3 aromatic rings. The second-order valence-corrected chi connectivity index (χ2v) is 5.35. The third-order valence-corrected chi connectivity index (χ3v) is 3.83. The van der Waals surface area contributed by atoms with Crippen LogP contribution in [0.3, 0.4) is 0 Å². The lowest BCUT2D eigenvalue weighted by molar-refractivity contribution is 0.373. The lowest BCUT2D eigenvalue weighted by Crippen LogP contribution is -2.02. The summed E-state index contributed by atoms with van der Waals surface area (Å²) in [7, 11) is 1.47. The summed E-state index contributed by atoms with van der Waals surface area (Å²) in [6, 6.07) is 12.1. The highest BCUT2D eigenvalue weighted by Gasteiger charge is 2.11. The maximum atomic E-state index is 12.2. The third kappa shape index (κ3) is 2.40. The fourth-order valence-electron chi connectivity index (χ4n) is 2.17. The van der Waals surface area contributed by atoms with Gasteiger partial charge in [-0.1, -0.05) is 18.2 Å². The zero-order chi connectivity index (χ0) is 15.0. The van der Waals surface area contributed by atoms with E-state index in [2.05, 4.69) is 15.9 Å². The van der Waals surface area contributed by atoms with E-state index < -0.39 is 5.63 Å². The van der Waals surface area contributed by atoms with Crippen molar-refractivity contribution in [1.29, 1.82) is 0 Å². The van der Waals surface area contributed by atoms with Gasteiger partial charge in [0.15, 0.2) is 17.1 Å². The lowest BCUT2D eigenvalue weighted by Gasteiger charge is -2.07. The van der Waals surface area contributed by atoms with Crippen LogP contribution in [0.2, 0.25) is 0 Å². The molecule has 0 aliphatic heterocycles. The van der Waals surface area contributed by atoms with Crippen molar-refractivity contribution in [3.8, 4) is 22.6 Å². The molecule has 21 heavy (non-hydrogen) atoms. The Morgan fingerprint density at radius 1 is 1.19 bits per heavy atom. The fraction of sp³-hybridized carbons (Fsp3) is 0.0625. The molecule has 0 aliphatic rings. The predicted octanol–water partition coefficient (Wildman–Crippen LogP) is 3.94. The molecule has 0 aliphatic carbocycles. The molecule has 2 aromatic carbocycles. The summed E-state index contributed by atoms with van der Waals surface area (Å²) < 4.78 is 11.1. The SMILES string of the molecule is COc1ccc(-c2cc3cccc(Br)c3oc2=O)cc1O. The number of benzene rings is 2. The highest BCUT2D eigenvalue weighted by Crippen LogP contribution is 2.32. The van der Waals surface area contributed by atoms with E-state index in [0.717, 1.165) is 9.86 Å². The van der Waals surface area contributed by atoms with Crippen molar-refractivity contribution in [3.05, 3.63) is 57.4 Å². The molecule has 1 N–H and O–H groups in total. The number of methoxy groups -OCH3 is 1. The number of phenolic OH excluding ortho intramolecular Hbond substituents is 1. The van der Waals surface area contributed by atoms with Crippen molar-refractivity contribution >= 4 is 26.9 Å². The van der Waals surface area contributed by atoms with Gasteiger partial charge in [0.2, 0.25) is 0 Å². The quantitative estimate of drug-likeness (QED) is 0.714.